The molecule has 4 heterocycles. The number of nitrogens with two attached hydrogens (primary N) is 1. The molecule has 3 aromatic heterocycles. The third-order valence-corrected chi connectivity index (χ3v) is 7.92. The highest BCUT2D eigenvalue weighted by atomic mass is 16.5. The van der Waals surface area contributed by atoms with E-state index in [9.17, 15) is 0 Å². The van der Waals surface area contributed by atoms with Crippen molar-refractivity contribution in [2.45, 2.75) is 64.8 Å². The number of fused-ring (bicyclic) bond motifs is 2. The molecule has 2 aliphatic rings. The zero-order valence-electron chi connectivity index (χ0n) is 21.8. The molecule has 6 nitrogen and oxygen atoms in total. The third kappa shape index (κ3) is 5.26. The van der Waals surface area contributed by atoms with Crippen molar-refractivity contribution < 1.29 is 4.74 Å². The van der Waals surface area contributed by atoms with Crippen LogP contribution >= 0.6 is 0 Å². The van der Waals surface area contributed by atoms with Crippen LogP contribution in [-0.4, -0.2) is 32.9 Å². The first-order valence-electron chi connectivity index (χ1n) is 14.0. The van der Waals surface area contributed by atoms with Crippen molar-refractivity contribution in [3.05, 3.63) is 60.0 Å². The van der Waals surface area contributed by atoms with E-state index in [1.165, 1.54) is 42.5 Å². The Morgan fingerprint density at radius 2 is 2.05 bits per heavy atom. The SMILES string of the molecule is Cc1cccc(-c2nn3c(c2-c2ccnc4cc(OCCCC(CCN)CC5CC5)ccc24)CCC3)n1. The molecule has 1 unspecified atom stereocenters. The van der Waals surface area contributed by atoms with Gasteiger partial charge in [0.25, 0.3) is 0 Å². The van der Waals surface area contributed by atoms with E-state index in [2.05, 4.69) is 41.1 Å². The summed E-state index contributed by atoms with van der Waals surface area (Å²) in [5.74, 6) is 2.59. The Morgan fingerprint density at radius 1 is 1.14 bits per heavy atom. The Morgan fingerprint density at radius 3 is 2.89 bits per heavy atom. The molecule has 6 heteroatoms. The summed E-state index contributed by atoms with van der Waals surface area (Å²) in [7, 11) is 0. The lowest BCUT2D eigenvalue weighted by atomic mass is 9.93. The number of hydrogen-bond donors (Lipinski definition) is 1. The summed E-state index contributed by atoms with van der Waals surface area (Å²) in [5.41, 5.74) is 13.4. The van der Waals surface area contributed by atoms with Crippen LogP contribution < -0.4 is 10.5 Å². The molecule has 4 aromatic rings. The van der Waals surface area contributed by atoms with Gasteiger partial charge in [0.2, 0.25) is 0 Å². The van der Waals surface area contributed by atoms with Crippen LogP contribution in [0.4, 0.5) is 0 Å². The van der Waals surface area contributed by atoms with Gasteiger partial charge >= 0.3 is 0 Å². The predicted molar refractivity (Wildman–Crippen MR) is 148 cm³/mol. The standard InChI is InChI=1S/C31H37N5O/c1-21-5-2-7-27(34-21)31-30(29-8-3-17-36(29)35-31)26-14-16-33-28-20-24(11-12-25(26)28)37-18-4-6-22(13-15-32)19-23-9-10-23/h2,5,7,11-12,14,16,20,22-23H,3-4,6,8-10,13,15,17-19,32H2,1H3. The van der Waals surface area contributed by atoms with Gasteiger partial charge in [-0.15, -0.1) is 0 Å². The maximum Gasteiger partial charge on any atom is 0.121 e. The molecule has 37 heavy (non-hydrogen) atoms. The number of pyridine rings is 2. The number of aromatic nitrogens is 4. The molecule has 1 aromatic carbocycles. The van der Waals surface area contributed by atoms with Gasteiger partial charge < -0.3 is 10.5 Å². The van der Waals surface area contributed by atoms with Crippen molar-refractivity contribution >= 4 is 10.9 Å². The molecule has 0 spiro atoms. The maximum atomic E-state index is 6.18. The van der Waals surface area contributed by atoms with E-state index in [-0.39, 0.29) is 0 Å². The monoisotopic (exact) mass is 495 g/mol. The van der Waals surface area contributed by atoms with Crippen LogP contribution in [0.15, 0.2) is 48.7 Å². The number of nitrogens with zero attached hydrogens (tertiary/aromatic N) is 4. The maximum absolute atomic E-state index is 6.18. The predicted octanol–water partition coefficient (Wildman–Crippen LogP) is 6.34. The van der Waals surface area contributed by atoms with Gasteiger partial charge in [0, 0.05) is 41.1 Å². The van der Waals surface area contributed by atoms with Crippen molar-refractivity contribution in [1.82, 2.24) is 19.7 Å². The molecule has 1 fully saturated rings. The van der Waals surface area contributed by atoms with Gasteiger partial charge in [0.05, 0.1) is 17.8 Å². The fraction of sp³-hybridized carbons (Fsp3) is 0.452. The van der Waals surface area contributed by atoms with Gasteiger partial charge in [-0.25, -0.2) is 0 Å². The lowest BCUT2D eigenvalue weighted by Crippen LogP contribution is -2.11. The fourth-order valence-corrected chi connectivity index (χ4v) is 5.91. The van der Waals surface area contributed by atoms with Crippen LogP contribution in [0, 0.1) is 18.8 Å². The summed E-state index contributed by atoms with van der Waals surface area (Å²) in [6, 6.07) is 14.6. The first-order chi connectivity index (χ1) is 18.2. The molecule has 2 N–H and O–H groups in total. The largest absolute Gasteiger partial charge is 0.494 e. The second-order valence-electron chi connectivity index (χ2n) is 10.8. The van der Waals surface area contributed by atoms with Crippen molar-refractivity contribution in [1.29, 1.82) is 0 Å². The number of aryl methyl sites for hydroxylation is 2. The fourth-order valence-electron chi connectivity index (χ4n) is 5.91. The Bertz CT molecular complexity index is 1390. The molecule has 0 radical (unpaired) electrons. The molecule has 0 amide bonds. The zero-order chi connectivity index (χ0) is 25.2. The lowest BCUT2D eigenvalue weighted by molar-refractivity contribution is 0.282. The molecule has 1 aliphatic carbocycles. The average Bonchev–Trinajstić information content (AvgIpc) is 3.47. The van der Waals surface area contributed by atoms with E-state index in [0.29, 0.717) is 0 Å². The highest BCUT2D eigenvalue weighted by Crippen LogP contribution is 2.40. The van der Waals surface area contributed by atoms with Crippen molar-refractivity contribution in [3.8, 4) is 28.3 Å². The van der Waals surface area contributed by atoms with Crippen molar-refractivity contribution in [3.63, 3.8) is 0 Å². The van der Waals surface area contributed by atoms with Gasteiger partial charge in [-0.1, -0.05) is 18.9 Å². The lowest BCUT2D eigenvalue weighted by Gasteiger charge is -2.16. The first kappa shape index (κ1) is 24.1. The minimum atomic E-state index is 0.733. The summed E-state index contributed by atoms with van der Waals surface area (Å²) in [4.78, 5) is 9.51. The summed E-state index contributed by atoms with van der Waals surface area (Å²) >= 11 is 0. The zero-order valence-corrected chi connectivity index (χ0v) is 21.8. The Kier molecular flexibility index (Phi) is 6.92. The molecule has 6 rings (SSSR count). The highest BCUT2D eigenvalue weighted by molar-refractivity contribution is 5.99. The van der Waals surface area contributed by atoms with Gasteiger partial charge in [-0.3, -0.25) is 14.6 Å². The quantitative estimate of drug-likeness (QED) is 0.246. The minimum Gasteiger partial charge on any atom is -0.494 e. The second-order valence-corrected chi connectivity index (χ2v) is 10.8. The third-order valence-electron chi connectivity index (χ3n) is 7.92. The molecule has 1 aliphatic heterocycles. The minimum absolute atomic E-state index is 0.733. The molecule has 192 valence electrons. The van der Waals surface area contributed by atoms with Gasteiger partial charge in [-0.05, 0) is 99.7 Å². The van der Waals surface area contributed by atoms with Crippen LogP contribution in [0.2, 0.25) is 0 Å². The Balaban J connectivity index is 1.23. The topological polar surface area (TPSA) is 78.8 Å². The van der Waals surface area contributed by atoms with E-state index in [1.807, 2.05) is 19.2 Å². The van der Waals surface area contributed by atoms with Gasteiger partial charge in [0.15, 0.2) is 0 Å². The first-order valence-corrected chi connectivity index (χ1v) is 14.0. The molecule has 1 saturated carbocycles. The summed E-state index contributed by atoms with van der Waals surface area (Å²) in [6.07, 6.45) is 11.6. The summed E-state index contributed by atoms with van der Waals surface area (Å²) < 4.78 is 8.34. The molecular weight excluding hydrogens is 458 g/mol. The van der Waals surface area contributed by atoms with Crippen LogP contribution in [0.1, 0.15) is 56.3 Å². The second kappa shape index (κ2) is 10.6. The Hall–Kier alpha value is -3.25. The number of rotatable bonds is 11. The molecule has 0 saturated heterocycles. The number of hydrogen-bond acceptors (Lipinski definition) is 5. The Labute approximate surface area is 219 Å². The number of benzene rings is 1. The van der Waals surface area contributed by atoms with Gasteiger partial charge in [-0.2, -0.15) is 5.10 Å². The van der Waals surface area contributed by atoms with Crippen LogP contribution in [0.25, 0.3) is 33.4 Å². The van der Waals surface area contributed by atoms with Crippen molar-refractivity contribution in [2.75, 3.05) is 13.2 Å². The van der Waals surface area contributed by atoms with Crippen LogP contribution in [-0.2, 0) is 13.0 Å². The van der Waals surface area contributed by atoms with E-state index < -0.39 is 0 Å². The normalized spacial score (nSPS) is 15.7. The van der Waals surface area contributed by atoms with Crippen LogP contribution in [0.5, 0.6) is 5.75 Å². The smallest absolute Gasteiger partial charge is 0.121 e. The van der Waals surface area contributed by atoms with Gasteiger partial charge in [0.1, 0.15) is 11.4 Å². The summed E-state index contributed by atoms with van der Waals surface area (Å²) in [5, 5.41) is 6.13. The van der Waals surface area contributed by atoms with Crippen LogP contribution in [0.3, 0.4) is 0 Å². The molecule has 1 atom stereocenters. The van der Waals surface area contributed by atoms with E-state index in [0.717, 1.165) is 90.9 Å². The van der Waals surface area contributed by atoms with E-state index >= 15 is 0 Å². The molecular formula is C31H37N5O. The molecule has 0 bridgehead atoms. The van der Waals surface area contributed by atoms with E-state index in [1.54, 1.807) is 0 Å². The number of ether oxygens (including phenoxy) is 1. The average molecular weight is 496 g/mol. The summed E-state index contributed by atoms with van der Waals surface area (Å²) in [6.45, 7) is 4.51. The van der Waals surface area contributed by atoms with E-state index in [4.69, 9.17) is 25.5 Å². The van der Waals surface area contributed by atoms with Crippen molar-refractivity contribution in [2.24, 2.45) is 17.6 Å². The highest BCUT2D eigenvalue weighted by Gasteiger charge is 2.26.